The molecule has 0 saturated carbocycles. The molecule has 0 unspecified atom stereocenters. The lowest BCUT2D eigenvalue weighted by molar-refractivity contribution is -0.143. The van der Waals surface area contributed by atoms with Crippen molar-refractivity contribution in [3.05, 3.63) is 64.7 Å². The van der Waals surface area contributed by atoms with Gasteiger partial charge in [0.05, 0.1) is 21.6 Å². The molecule has 13 heteroatoms. The van der Waals surface area contributed by atoms with Gasteiger partial charge in [0, 0.05) is 25.1 Å². The highest BCUT2D eigenvalue weighted by molar-refractivity contribution is 7.89. The van der Waals surface area contributed by atoms with Crippen LogP contribution in [0.5, 0.6) is 0 Å². The summed E-state index contributed by atoms with van der Waals surface area (Å²) in [4.78, 5) is 11.3. The molecular weight excluding hydrogens is 486 g/mol. The summed E-state index contributed by atoms with van der Waals surface area (Å²) in [5.74, 6) is -3.56. The molecule has 33 heavy (non-hydrogen) atoms. The normalized spacial score (nSPS) is 16.7. The minimum absolute atomic E-state index is 0.121. The van der Waals surface area contributed by atoms with Gasteiger partial charge in [-0.3, -0.25) is 4.79 Å². The number of alkyl halides is 6. The van der Waals surface area contributed by atoms with Gasteiger partial charge >= 0.3 is 12.4 Å². The molecule has 0 amide bonds. The van der Waals surface area contributed by atoms with Gasteiger partial charge in [-0.1, -0.05) is 0 Å². The number of nitrogens with zero attached hydrogens (tertiary/aromatic N) is 1. The van der Waals surface area contributed by atoms with E-state index in [2.05, 4.69) is 0 Å². The molecule has 0 aromatic heterocycles. The largest absolute Gasteiger partial charge is 0.416 e. The first-order chi connectivity index (χ1) is 15.1. The summed E-state index contributed by atoms with van der Waals surface area (Å²) in [6.07, 6.45) is -10.7. The zero-order chi connectivity index (χ0) is 24.8. The van der Waals surface area contributed by atoms with Crippen LogP contribution in [0.4, 0.5) is 35.1 Å². The molecule has 0 spiro atoms. The van der Waals surface area contributed by atoms with Gasteiger partial charge in [-0.15, -0.1) is 0 Å². The molecule has 1 saturated heterocycles. The number of halogens is 8. The molecule has 0 atom stereocenters. The van der Waals surface area contributed by atoms with Gasteiger partial charge in [-0.2, -0.15) is 30.6 Å². The standard InChI is InChI=1S/C20H15F8NO3S/c21-14-1-2-16(17(22)10-14)18(30)11-3-5-29(6-4-11)33(31,32)15-8-12(19(23,24)25)7-13(9-15)20(26,27)28/h1-2,7-11H,3-6H2. The van der Waals surface area contributed by atoms with Crippen molar-refractivity contribution in [3.63, 3.8) is 0 Å². The van der Waals surface area contributed by atoms with Crippen molar-refractivity contribution in [2.75, 3.05) is 13.1 Å². The number of Topliss-reactive ketones (excluding diaryl/α,β-unsaturated/α-hetero) is 1. The molecule has 2 aromatic carbocycles. The highest BCUT2D eigenvalue weighted by Crippen LogP contribution is 2.38. The van der Waals surface area contributed by atoms with Crippen LogP contribution in [-0.4, -0.2) is 31.6 Å². The predicted octanol–water partition coefficient (Wildman–Crippen LogP) is 5.29. The number of hydrogen-bond donors (Lipinski definition) is 0. The second kappa shape index (κ2) is 8.67. The molecule has 1 aliphatic heterocycles. The number of piperidine rings is 1. The third-order valence-electron chi connectivity index (χ3n) is 5.22. The third-order valence-corrected chi connectivity index (χ3v) is 7.10. The van der Waals surface area contributed by atoms with E-state index in [0.29, 0.717) is 10.4 Å². The van der Waals surface area contributed by atoms with Gasteiger partial charge in [0.1, 0.15) is 11.6 Å². The molecular formula is C20H15F8NO3S. The van der Waals surface area contributed by atoms with E-state index in [1.54, 1.807) is 0 Å². The van der Waals surface area contributed by atoms with Crippen LogP contribution < -0.4 is 0 Å². The molecule has 2 aromatic rings. The fraction of sp³-hybridized carbons (Fsp3) is 0.350. The van der Waals surface area contributed by atoms with Crippen LogP contribution in [0.1, 0.15) is 34.3 Å². The van der Waals surface area contributed by atoms with Gasteiger partial charge in [-0.05, 0) is 43.2 Å². The molecule has 0 radical (unpaired) electrons. The van der Waals surface area contributed by atoms with Crippen molar-refractivity contribution in [1.82, 2.24) is 4.31 Å². The molecule has 0 bridgehead atoms. The molecule has 180 valence electrons. The number of rotatable bonds is 4. The van der Waals surface area contributed by atoms with Gasteiger partial charge in [0.15, 0.2) is 5.78 Å². The molecule has 0 aliphatic carbocycles. The molecule has 3 rings (SSSR count). The smallest absolute Gasteiger partial charge is 0.294 e. The van der Waals surface area contributed by atoms with Crippen LogP contribution in [0.2, 0.25) is 0 Å². The maximum atomic E-state index is 13.9. The summed E-state index contributed by atoms with van der Waals surface area (Å²) in [5, 5.41) is 0. The third kappa shape index (κ3) is 5.35. The van der Waals surface area contributed by atoms with E-state index >= 15 is 0 Å². The Morgan fingerprint density at radius 2 is 1.36 bits per heavy atom. The fourth-order valence-corrected chi connectivity index (χ4v) is 5.03. The first-order valence-corrected chi connectivity index (χ1v) is 10.8. The van der Waals surface area contributed by atoms with Gasteiger partial charge in [-0.25, -0.2) is 17.2 Å². The van der Waals surface area contributed by atoms with Crippen molar-refractivity contribution in [1.29, 1.82) is 0 Å². The molecule has 1 aliphatic rings. The number of carbonyl (C=O) groups excluding carboxylic acids is 1. The van der Waals surface area contributed by atoms with Gasteiger partial charge < -0.3 is 0 Å². The SMILES string of the molecule is O=C(c1ccc(F)cc1F)C1CCN(S(=O)(=O)c2cc(C(F)(F)F)cc(C(F)(F)F)c2)CC1. The Hall–Kier alpha value is -2.54. The number of benzene rings is 2. The van der Waals surface area contributed by atoms with Crippen LogP contribution in [0.15, 0.2) is 41.3 Å². The Morgan fingerprint density at radius 1 is 0.848 bits per heavy atom. The minimum Gasteiger partial charge on any atom is -0.294 e. The lowest BCUT2D eigenvalue weighted by atomic mass is 9.89. The zero-order valence-corrected chi connectivity index (χ0v) is 17.3. The van der Waals surface area contributed by atoms with Crippen molar-refractivity contribution in [2.24, 2.45) is 5.92 Å². The first-order valence-electron chi connectivity index (χ1n) is 9.39. The summed E-state index contributed by atoms with van der Waals surface area (Å²) >= 11 is 0. The predicted molar refractivity (Wildman–Crippen MR) is 98.6 cm³/mol. The van der Waals surface area contributed by atoms with Crippen molar-refractivity contribution < 1.29 is 48.3 Å². The first kappa shape index (κ1) is 25.1. The number of ketones is 1. The average Bonchev–Trinajstić information content (AvgIpc) is 2.72. The molecule has 1 heterocycles. The van der Waals surface area contributed by atoms with E-state index in [1.807, 2.05) is 0 Å². The maximum absolute atomic E-state index is 13.9. The number of carbonyl (C=O) groups is 1. The highest BCUT2D eigenvalue weighted by atomic mass is 32.2. The second-order valence-electron chi connectivity index (χ2n) is 7.41. The van der Waals surface area contributed by atoms with E-state index in [4.69, 9.17) is 0 Å². The summed E-state index contributed by atoms with van der Waals surface area (Å²) < 4.78 is 131. The van der Waals surface area contributed by atoms with E-state index in [-0.39, 0.29) is 44.1 Å². The van der Waals surface area contributed by atoms with Crippen LogP contribution in [0.25, 0.3) is 0 Å². The van der Waals surface area contributed by atoms with E-state index in [1.165, 1.54) is 0 Å². The van der Waals surface area contributed by atoms with Crippen LogP contribution in [0, 0.1) is 17.6 Å². The second-order valence-corrected chi connectivity index (χ2v) is 9.35. The van der Waals surface area contributed by atoms with Crippen LogP contribution >= 0.6 is 0 Å². The number of sulfonamides is 1. The van der Waals surface area contributed by atoms with E-state index in [9.17, 15) is 48.3 Å². The van der Waals surface area contributed by atoms with Crippen molar-refractivity contribution in [3.8, 4) is 0 Å². The molecule has 1 fully saturated rings. The molecule has 4 nitrogen and oxygen atoms in total. The highest BCUT2D eigenvalue weighted by Gasteiger charge is 2.40. The Labute approximate surface area is 182 Å². The Balaban J connectivity index is 1.85. The maximum Gasteiger partial charge on any atom is 0.416 e. The lowest BCUT2D eigenvalue weighted by Crippen LogP contribution is -2.40. The van der Waals surface area contributed by atoms with Gasteiger partial charge in [0.25, 0.3) is 0 Å². The quantitative estimate of drug-likeness (QED) is 0.423. The summed E-state index contributed by atoms with van der Waals surface area (Å²) in [5.41, 5.74) is -3.94. The number of hydrogen-bond acceptors (Lipinski definition) is 3. The Bertz CT molecular complexity index is 1130. The monoisotopic (exact) mass is 501 g/mol. The Kier molecular flexibility index (Phi) is 6.59. The van der Waals surface area contributed by atoms with Gasteiger partial charge in [0.2, 0.25) is 10.0 Å². The van der Waals surface area contributed by atoms with Crippen molar-refractivity contribution in [2.45, 2.75) is 30.1 Å². The van der Waals surface area contributed by atoms with E-state index in [0.717, 1.165) is 12.1 Å². The van der Waals surface area contributed by atoms with Crippen LogP contribution in [0.3, 0.4) is 0 Å². The van der Waals surface area contributed by atoms with Crippen molar-refractivity contribution >= 4 is 15.8 Å². The minimum atomic E-state index is -5.22. The van der Waals surface area contributed by atoms with Crippen LogP contribution in [-0.2, 0) is 22.4 Å². The summed E-state index contributed by atoms with van der Waals surface area (Å²) in [6.45, 7) is -0.779. The summed E-state index contributed by atoms with van der Waals surface area (Å²) in [6, 6.07) is 2.39. The topological polar surface area (TPSA) is 54.5 Å². The van der Waals surface area contributed by atoms with E-state index < -0.39 is 67.3 Å². The Morgan fingerprint density at radius 3 is 1.82 bits per heavy atom. The lowest BCUT2D eigenvalue weighted by Gasteiger charge is -2.31. The summed E-state index contributed by atoms with van der Waals surface area (Å²) in [7, 11) is -4.76. The zero-order valence-electron chi connectivity index (χ0n) is 16.5. The molecule has 0 N–H and O–H groups in total. The average molecular weight is 501 g/mol. The fourth-order valence-electron chi connectivity index (χ4n) is 3.49.